The van der Waals surface area contributed by atoms with Gasteiger partial charge in [-0.05, 0) is 18.1 Å². The van der Waals surface area contributed by atoms with Gasteiger partial charge in [-0.1, -0.05) is 72.5 Å². The molecule has 3 rings (SSSR count). The fourth-order valence-corrected chi connectivity index (χ4v) is 3.92. The van der Waals surface area contributed by atoms with Crippen LogP contribution in [0.1, 0.15) is 11.1 Å². The minimum absolute atomic E-state index is 0.872. The Hall–Kier alpha value is -1.56. The molecule has 1 aliphatic rings. The molecule has 0 radical (unpaired) electrons. The van der Waals surface area contributed by atoms with E-state index in [1.807, 2.05) is 12.1 Å². The normalized spacial score (nSPS) is 15.5. The largest absolute Gasteiger partial charge is 0.496 e. The van der Waals surface area contributed by atoms with E-state index in [0.717, 1.165) is 42.1 Å². The lowest BCUT2D eigenvalue weighted by Gasteiger charge is -2.37. The van der Waals surface area contributed by atoms with E-state index in [1.54, 1.807) is 18.9 Å². The van der Waals surface area contributed by atoms with Gasteiger partial charge >= 0.3 is 0 Å². The summed E-state index contributed by atoms with van der Waals surface area (Å²) in [4.78, 5) is 4.70. The number of thioether (sulfide) groups is 1. The number of benzene rings is 2. The van der Waals surface area contributed by atoms with Gasteiger partial charge in [0.2, 0.25) is 0 Å². The summed E-state index contributed by atoms with van der Waals surface area (Å²) >= 11 is 7.29. The molecule has 5 heteroatoms. The van der Waals surface area contributed by atoms with E-state index in [1.165, 1.54) is 11.1 Å². The number of methoxy groups -OCH3 is 1. The van der Waals surface area contributed by atoms with Gasteiger partial charge < -0.3 is 9.64 Å². The predicted molar refractivity (Wildman–Crippen MR) is 105 cm³/mol. The Morgan fingerprint density at radius 3 is 2.62 bits per heavy atom. The van der Waals surface area contributed by atoms with Gasteiger partial charge in [-0.25, -0.2) is 0 Å². The highest BCUT2D eigenvalue weighted by atomic mass is 32.2. The van der Waals surface area contributed by atoms with Crippen molar-refractivity contribution in [2.45, 2.75) is 13.0 Å². The van der Waals surface area contributed by atoms with Gasteiger partial charge in [0.25, 0.3) is 0 Å². The van der Waals surface area contributed by atoms with Crippen LogP contribution < -0.4 is 4.74 Å². The highest BCUT2D eigenvalue weighted by Gasteiger charge is 2.22. The maximum atomic E-state index is 5.55. The number of hydrogen-bond acceptors (Lipinski definition) is 4. The van der Waals surface area contributed by atoms with Crippen LogP contribution in [0.25, 0.3) is 0 Å². The minimum atomic E-state index is 0.872. The first-order valence-corrected chi connectivity index (χ1v) is 9.45. The lowest BCUT2D eigenvalue weighted by atomic mass is 10.1. The molecule has 0 atom stereocenters. The van der Waals surface area contributed by atoms with Crippen molar-refractivity contribution in [2.75, 3.05) is 26.2 Å². The summed E-state index contributed by atoms with van der Waals surface area (Å²) in [6, 6.07) is 18.8. The molecular formula is C19H22N2OS2. The molecule has 2 aromatic carbocycles. The van der Waals surface area contributed by atoms with Gasteiger partial charge in [-0.3, -0.25) is 4.90 Å². The lowest BCUT2D eigenvalue weighted by molar-refractivity contribution is 0.204. The Morgan fingerprint density at radius 1 is 1.08 bits per heavy atom. The molecule has 126 valence electrons. The molecule has 2 aromatic rings. The standard InChI is InChI=1S/C19H22N2OS2/c1-22-18-10-6-5-9-17(18)13-20-14-21(19(23)24-15-20)12-11-16-7-3-2-4-8-16/h2-10H,11-15H2,1H3. The van der Waals surface area contributed by atoms with Crippen molar-refractivity contribution in [3.05, 3.63) is 65.7 Å². The fourth-order valence-electron chi connectivity index (χ4n) is 2.82. The Bertz CT molecular complexity index is 678. The second-order valence-electron chi connectivity index (χ2n) is 5.82. The van der Waals surface area contributed by atoms with Gasteiger partial charge in [0.1, 0.15) is 10.1 Å². The van der Waals surface area contributed by atoms with Crippen LogP contribution in [0.4, 0.5) is 0 Å². The third-order valence-electron chi connectivity index (χ3n) is 4.10. The van der Waals surface area contributed by atoms with Gasteiger partial charge in [-0.2, -0.15) is 0 Å². The van der Waals surface area contributed by atoms with Crippen molar-refractivity contribution in [2.24, 2.45) is 0 Å². The summed E-state index contributed by atoms with van der Waals surface area (Å²) < 4.78 is 6.47. The summed E-state index contributed by atoms with van der Waals surface area (Å²) in [5.41, 5.74) is 2.57. The molecule has 0 bridgehead atoms. The van der Waals surface area contributed by atoms with Gasteiger partial charge in [0.15, 0.2) is 0 Å². The summed E-state index contributed by atoms with van der Waals surface area (Å²) in [6.45, 7) is 2.70. The molecule has 24 heavy (non-hydrogen) atoms. The van der Waals surface area contributed by atoms with Crippen LogP contribution in [0, 0.1) is 0 Å². The zero-order valence-electron chi connectivity index (χ0n) is 13.9. The molecule has 0 saturated carbocycles. The van der Waals surface area contributed by atoms with Crippen molar-refractivity contribution in [3.63, 3.8) is 0 Å². The molecule has 0 amide bonds. The van der Waals surface area contributed by atoms with Crippen LogP contribution in [0.15, 0.2) is 54.6 Å². The first kappa shape index (κ1) is 17.3. The zero-order chi connectivity index (χ0) is 16.8. The monoisotopic (exact) mass is 358 g/mol. The van der Waals surface area contributed by atoms with E-state index in [9.17, 15) is 0 Å². The number of rotatable bonds is 6. The Kier molecular flexibility index (Phi) is 6.12. The van der Waals surface area contributed by atoms with Gasteiger partial charge in [0.05, 0.1) is 19.7 Å². The molecule has 0 N–H and O–H groups in total. The number of ether oxygens (including phenoxy) is 1. The molecule has 1 saturated heterocycles. The highest BCUT2D eigenvalue weighted by molar-refractivity contribution is 8.22. The van der Waals surface area contributed by atoms with Crippen LogP contribution in [0.5, 0.6) is 5.75 Å². The summed E-state index contributed by atoms with van der Waals surface area (Å²) in [5.74, 6) is 1.88. The van der Waals surface area contributed by atoms with Gasteiger partial charge in [-0.15, -0.1) is 0 Å². The van der Waals surface area contributed by atoms with Crippen molar-refractivity contribution >= 4 is 28.3 Å². The summed E-state index contributed by atoms with van der Waals surface area (Å²) in [7, 11) is 1.73. The molecule has 1 aliphatic heterocycles. The maximum absolute atomic E-state index is 5.55. The zero-order valence-corrected chi connectivity index (χ0v) is 15.5. The topological polar surface area (TPSA) is 15.7 Å². The van der Waals surface area contributed by atoms with Crippen LogP contribution in [-0.4, -0.2) is 40.3 Å². The SMILES string of the molecule is COc1ccccc1CN1CSC(=S)N(CCc2ccccc2)C1. The predicted octanol–water partition coefficient (Wildman–Crippen LogP) is 3.99. The molecule has 0 aliphatic carbocycles. The van der Waals surface area contributed by atoms with Crippen LogP contribution >= 0.6 is 24.0 Å². The van der Waals surface area contributed by atoms with Crippen LogP contribution in [0.3, 0.4) is 0 Å². The highest BCUT2D eigenvalue weighted by Crippen LogP contribution is 2.24. The van der Waals surface area contributed by atoms with Crippen LogP contribution in [0.2, 0.25) is 0 Å². The van der Waals surface area contributed by atoms with E-state index >= 15 is 0 Å². The average Bonchev–Trinajstić information content (AvgIpc) is 2.63. The van der Waals surface area contributed by atoms with E-state index in [4.69, 9.17) is 17.0 Å². The summed E-state index contributed by atoms with van der Waals surface area (Å²) in [5, 5.41) is 0. The third-order valence-corrected chi connectivity index (χ3v) is 5.71. The molecule has 0 spiro atoms. The molecular weight excluding hydrogens is 336 g/mol. The van der Waals surface area contributed by atoms with Crippen molar-refractivity contribution in [3.8, 4) is 5.75 Å². The second kappa shape index (κ2) is 8.51. The third kappa shape index (κ3) is 4.50. The Balaban J connectivity index is 1.59. The second-order valence-corrected chi connectivity index (χ2v) is 7.40. The van der Waals surface area contributed by atoms with E-state index in [2.05, 4.69) is 52.3 Å². The minimum Gasteiger partial charge on any atom is -0.496 e. The average molecular weight is 359 g/mol. The van der Waals surface area contributed by atoms with Crippen molar-refractivity contribution in [1.82, 2.24) is 9.80 Å². The molecule has 1 fully saturated rings. The molecule has 1 heterocycles. The van der Waals surface area contributed by atoms with E-state index in [-0.39, 0.29) is 0 Å². The molecule has 0 unspecified atom stereocenters. The molecule has 3 nitrogen and oxygen atoms in total. The van der Waals surface area contributed by atoms with Crippen LogP contribution in [-0.2, 0) is 13.0 Å². The number of thiocarbonyl (C=S) groups is 1. The smallest absolute Gasteiger partial charge is 0.138 e. The summed E-state index contributed by atoms with van der Waals surface area (Å²) in [6.07, 6.45) is 1.02. The first-order chi connectivity index (χ1) is 11.8. The number of para-hydroxylation sites is 1. The van der Waals surface area contributed by atoms with E-state index < -0.39 is 0 Å². The quantitative estimate of drug-likeness (QED) is 0.724. The number of hydrogen-bond donors (Lipinski definition) is 0. The van der Waals surface area contributed by atoms with E-state index in [0.29, 0.717) is 0 Å². The lowest BCUT2D eigenvalue weighted by Crippen LogP contribution is -2.45. The Morgan fingerprint density at radius 2 is 1.83 bits per heavy atom. The maximum Gasteiger partial charge on any atom is 0.138 e. The van der Waals surface area contributed by atoms with Crippen molar-refractivity contribution in [1.29, 1.82) is 0 Å². The fraction of sp³-hybridized carbons (Fsp3) is 0.316. The Labute approximate surface area is 153 Å². The van der Waals surface area contributed by atoms with Gasteiger partial charge in [0, 0.05) is 18.7 Å². The molecule has 0 aromatic heterocycles. The van der Waals surface area contributed by atoms with Crippen molar-refractivity contribution < 1.29 is 4.74 Å². The number of nitrogens with zero attached hydrogens (tertiary/aromatic N) is 2. The first-order valence-electron chi connectivity index (χ1n) is 8.06.